The van der Waals surface area contributed by atoms with E-state index in [4.69, 9.17) is 14.9 Å². The summed E-state index contributed by atoms with van der Waals surface area (Å²) in [6, 6.07) is 19.2. The third kappa shape index (κ3) is 6.16. The van der Waals surface area contributed by atoms with E-state index in [0.29, 0.717) is 16.0 Å². The summed E-state index contributed by atoms with van der Waals surface area (Å²) in [5.41, 5.74) is 1.33. The summed E-state index contributed by atoms with van der Waals surface area (Å²) in [4.78, 5) is 51.0. The molecular formula is C28H25FN4O6. The summed E-state index contributed by atoms with van der Waals surface area (Å²) in [6.07, 6.45) is -2.35. The van der Waals surface area contributed by atoms with Gasteiger partial charge in [-0.25, -0.2) is 14.1 Å². The van der Waals surface area contributed by atoms with Crippen molar-refractivity contribution in [2.75, 3.05) is 6.61 Å². The number of amides is 4. The first-order chi connectivity index (χ1) is 18.8. The first-order valence-electron chi connectivity index (χ1n) is 12.0. The van der Waals surface area contributed by atoms with Gasteiger partial charge in [0.2, 0.25) is 6.23 Å². The maximum Gasteiger partial charge on any atom is 0.413 e. The van der Waals surface area contributed by atoms with E-state index in [-0.39, 0.29) is 31.2 Å². The predicted molar refractivity (Wildman–Crippen MR) is 137 cm³/mol. The molecule has 3 aromatic rings. The fourth-order valence-corrected chi connectivity index (χ4v) is 3.90. The number of nitrogens with zero attached hydrogens (tertiary/aromatic N) is 1. The normalized spacial score (nSPS) is 13.0. The number of fused-ring (bicyclic) bond motifs is 1. The highest BCUT2D eigenvalue weighted by molar-refractivity contribution is 6.22. The summed E-state index contributed by atoms with van der Waals surface area (Å²) < 4.78 is 24.7. The second-order valence-electron chi connectivity index (χ2n) is 8.43. The summed E-state index contributed by atoms with van der Waals surface area (Å²) in [7, 11) is 0. The zero-order chi connectivity index (χ0) is 27.9. The molecule has 4 amide bonds. The molecule has 0 aromatic heterocycles. The van der Waals surface area contributed by atoms with Crippen LogP contribution in [0.2, 0.25) is 0 Å². The summed E-state index contributed by atoms with van der Waals surface area (Å²) >= 11 is 0. The van der Waals surface area contributed by atoms with Crippen molar-refractivity contribution in [1.82, 2.24) is 15.5 Å². The highest BCUT2D eigenvalue weighted by Gasteiger charge is 2.44. The van der Waals surface area contributed by atoms with E-state index in [1.807, 2.05) is 30.3 Å². The van der Waals surface area contributed by atoms with Gasteiger partial charge >= 0.3 is 6.09 Å². The molecule has 0 bridgehead atoms. The number of benzene rings is 3. The highest BCUT2D eigenvalue weighted by atomic mass is 19.1. The molecule has 1 heterocycles. The Morgan fingerprint density at radius 1 is 0.949 bits per heavy atom. The Morgan fingerprint density at radius 2 is 1.67 bits per heavy atom. The van der Waals surface area contributed by atoms with E-state index in [9.17, 15) is 23.6 Å². The zero-order valence-corrected chi connectivity index (χ0v) is 20.9. The second-order valence-corrected chi connectivity index (χ2v) is 8.43. The van der Waals surface area contributed by atoms with Crippen molar-refractivity contribution in [2.45, 2.75) is 26.3 Å². The van der Waals surface area contributed by atoms with Gasteiger partial charge < -0.3 is 14.8 Å². The molecule has 3 aromatic carbocycles. The van der Waals surface area contributed by atoms with Crippen LogP contribution in [0.5, 0.6) is 0 Å². The predicted octanol–water partition coefficient (Wildman–Crippen LogP) is 3.35. The van der Waals surface area contributed by atoms with Crippen molar-refractivity contribution >= 4 is 29.7 Å². The number of imide groups is 1. The van der Waals surface area contributed by atoms with E-state index in [1.54, 1.807) is 31.2 Å². The molecular weight excluding hydrogens is 507 g/mol. The lowest BCUT2D eigenvalue weighted by Gasteiger charge is -2.24. The summed E-state index contributed by atoms with van der Waals surface area (Å²) in [5, 5.41) is 13.1. The standard InChI is InChI=1S/C28H25FN4O6/c1-2-38-27(33-25(35)20-9-6-10-21(29)22(20)26(33)36)24(34)31-15-17-11-13-19(14-12-17)23(30)32-28(37)39-16-18-7-4-3-5-8-18/h3-14,27H,2,15-16H2,1H3,(H,31,34)(H2,30,32,37). The molecule has 11 heteroatoms. The summed E-state index contributed by atoms with van der Waals surface area (Å²) in [6.45, 7) is 1.70. The summed E-state index contributed by atoms with van der Waals surface area (Å²) in [5.74, 6) is -3.54. The molecule has 4 rings (SSSR count). The van der Waals surface area contributed by atoms with Crippen LogP contribution in [0.4, 0.5) is 9.18 Å². The quantitative estimate of drug-likeness (QED) is 0.220. The number of hydrogen-bond donors (Lipinski definition) is 3. The van der Waals surface area contributed by atoms with Gasteiger partial charge in [0.05, 0.1) is 11.1 Å². The first kappa shape index (κ1) is 27.1. The van der Waals surface area contributed by atoms with Crippen molar-refractivity contribution in [3.05, 3.63) is 106 Å². The lowest BCUT2D eigenvalue weighted by atomic mass is 10.1. The van der Waals surface area contributed by atoms with Crippen LogP contribution in [0.25, 0.3) is 0 Å². The molecule has 39 heavy (non-hydrogen) atoms. The Balaban J connectivity index is 1.33. The molecule has 200 valence electrons. The Labute approximate surface area is 223 Å². The third-order valence-electron chi connectivity index (χ3n) is 5.83. The highest BCUT2D eigenvalue weighted by Crippen LogP contribution is 2.27. The number of carbonyl (C=O) groups excluding carboxylic acids is 4. The van der Waals surface area contributed by atoms with Gasteiger partial charge in [0.1, 0.15) is 18.3 Å². The van der Waals surface area contributed by atoms with Crippen LogP contribution in [0, 0.1) is 11.2 Å². The minimum atomic E-state index is -1.58. The Bertz CT molecular complexity index is 1410. The average Bonchev–Trinajstić information content (AvgIpc) is 3.20. The lowest BCUT2D eigenvalue weighted by molar-refractivity contribution is -0.140. The topological polar surface area (TPSA) is 138 Å². The number of carbonyl (C=O) groups is 4. The smallest absolute Gasteiger partial charge is 0.413 e. The zero-order valence-electron chi connectivity index (χ0n) is 20.9. The van der Waals surface area contributed by atoms with Crippen LogP contribution in [-0.2, 0) is 27.4 Å². The molecule has 3 N–H and O–H groups in total. The van der Waals surface area contributed by atoms with Gasteiger partial charge in [-0.05, 0) is 30.2 Å². The van der Waals surface area contributed by atoms with Gasteiger partial charge in [0.25, 0.3) is 17.7 Å². The maximum absolute atomic E-state index is 14.2. The molecule has 0 aliphatic carbocycles. The van der Waals surface area contributed by atoms with E-state index in [0.717, 1.165) is 11.6 Å². The Kier molecular flexibility index (Phi) is 8.42. The number of ether oxygens (including phenoxy) is 2. The van der Waals surface area contributed by atoms with Gasteiger partial charge in [-0.2, -0.15) is 0 Å². The van der Waals surface area contributed by atoms with Crippen LogP contribution >= 0.6 is 0 Å². The molecule has 10 nitrogen and oxygen atoms in total. The van der Waals surface area contributed by atoms with Crippen molar-refractivity contribution in [1.29, 1.82) is 5.41 Å². The molecule has 1 atom stereocenters. The average molecular weight is 533 g/mol. The molecule has 1 aliphatic rings. The van der Waals surface area contributed by atoms with Crippen LogP contribution in [-0.4, -0.2) is 47.4 Å². The van der Waals surface area contributed by atoms with E-state index < -0.39 is 41.4 Å². The van der Waals surface area contributed by atoms with E-state index >= 15 is 0 Å². The number of alkyl carbamates (subject to hydrolysis) is 1. The first-order valence-corrected chi connectivity index (χ1v) is 12.0. The van der Waals surface area contributed by atoms with E-state index in [2.05, 4.69) is 10.6 Å². The number of hydrogen-bond acceptors (Lipinski definition) is 7. The fraction of sp³-hybridized carbons (Fsp3) is 0.179. The van der Waals surface area contributed by atoms with Gasteiger partial charge in [-0.1, -0.05) is 60.7 Å². The largest absolute Gasteiger partial charge is 0.444 e. The van der Waals surface area contributed by atoms with Gasteiger partial charge in [-0.15, -0.1) is 0 Å². The Hall–Kier alpha value is -4.90. The number of halogens is 1. The van der Waals surface area contributed by atoms with Crippen LogP contribution in [0.3, 0.4) is 0 Å². The molecule has 0 fully saturated rings. The van der Waals surface area contributed by atoms with Gasteiger partial charge in [-0.3, -0.25) is 25.1 Å². The minimum Gasteiger partial charge on any atom is -0.444 e. The van der Waals surface area contributed by atoms with Crippen molar-refractivity contribution < 1.29 is 33.0 Å². The van der Waals surface area contributed by atoms with Crippen LogP contribution in [0.1, 0.15) is 44.3 Å². The molecule has 1 aliphatic heterocycles. The minimum absolute atomic E-state index is 0.0140. The monoisotopic (exact) mass is 532 g/mol. The molecule has 1 unspecified atom stereocenters. The number of rotatable bonds is 9. The lowest BCUT2D eigenvalue weighted by Crippen LogP contribution is -2.51. The molecule has 0 spiro atoms. The third-order valence-corrected chi connectivity index (χ3v) is 5.83. The molecule has 0 radical (unpaired) electrons. The van der Waals surface area contributed by atoms with Gasteiger partial charge in [0, 0.05) is 18.7 Å². The SMILES string of the molecule is CCOC(C(=O)NCc1ccc(C(=N)NC(=O)OCc2ccccc2)cc1)N1C(=O)c2cccc(F)c2C1=O. The van der Waals surface area contributed by atoms with Gasteiger partial charge in [0.15, 0.2) is 0 Å². The molecule has 0 saturated carbocycles. The van der Waals surface area contributed by atoms with Crippen molar-refractivity contribution in [3.8, 4) is 0 Å². The van der Waals surface area contributed by atoms with Crippen molar-refractivity contribution in [2.24, 2.45) is 0 Å². The van der Waals surface area contributed by atoms with Crippen LogP contribution in [0.15, 0.2) is 72.8 Å². The van der Waals surface area contributed by atoms with Crippen molar-refractivity contribution in [3.63, 3.8) is 0 Å². The number of amidine groups is 1. The maximum atomic E-state index is 14.2. The Morgan fingerprint density at radius 3 is 2.33 bits per heavy atom. The molecule has 0 saturated heterocycles. The number of nitrogens with one attached hydrogen (secondary N) is 3. The fourth-order valence-electron chi connectivity index (χ4n) is 3.90. The van der Waals surface area contributed by atoms with Crippen LogP contribution < -0.4 is 10.6 Å². The second kappa shape index (κ2) is 12.1. The van der Waals surface area contributed by atoms with E-state index in [1.165, 1.54) is 12.1 Å².